The van der Waals surface area contributed by atoms with Crippen LogP contribution in [0.4, 0.5) is 0 Å². The number of nitrogens with zero attached hydrogens (tertiary/aromatic N) is 2. The monoisotopic (exact) mass is 358 g/mol. The Hall–Kier alpha value is -2.47. The number of ether oxygens (including phenoxy) is 1. The number of esters is 1. The van der Waals surface area contributed by atoms with Crippen LogP contribution in [0.15, 0.2) is 57.5 Å². The summed E-state index contributed by atoms with van der Waals surface area (Å²) in [7, 11) is 1.33. The van der Waals surface area contributed by atoms with Crippen LogP contribution in [0.25, 0.3) is 22.8 Å². The molecule has 0 saturated heterocycles. The Morgan fingerprint density at radius 3 is 2.59 bits per heavy atom. The molecule has 0 bridgehead atoms. The van der Waals surface area contributed by atoms with E-state index in [1.807, 2.05) is 24.3 Å². The number of methoxy groups -OCH3 is 1. The van der Waals surface area contributed by atoms with Gasteiger partial charge in [-0.2, -0.15) is 4.98 Å². The average molecular weight is 359 g/mol. The molecule has 1 heterocycles. The van der Waals surface area contributed by atoms with E-state index in [1.54, 1.807) is 24.3 Å². The molecular weight excluding hydrogens is 348 g/mol. The van der Waals surface area contributed by atoms with Crippen LogP contribution in [0.1, 0.15) is 10.4 Å². The number of halogens is 1. The Bertz CT molecular complexity index is 812. The molecule has 0 atom stereocenters. The first-order chi connectivity index (χ1) is 10.7. The van der Waals surface area contributed by atoms with Crippen molar-refractivity contribution in [1.82, 2.24) is 10.1 Å². The lowest BCUT2D eigenvalue weighted by molar-refractivity contribution is 0.0601. The van der Waals surface area contributed by atoms with Gasteiger partial charge in [0.05, 0.1) is 18.2 Å². The van der Waals surface area contributed by atoms with Crippen LogP contribution in [0.2, 0.25) is 0 Å². The highest BCUT2D eigenvalue weighted by Crippen LogP contribution is 2.26. The van der Waals surface area contributed by atoms with Crippen molar-refractivity contribution in [3.05, 3.63) is 58.6 Å². The van der Waals surface area contributed by atoms with Crippen LogP contribution in [-0.2, 0) is 4.74 Å². The summed E-state index contributed by atoms with van der Waals surface area (Å²) in [5, 5.41) is 3.97. The SMILES string of the molecule is COC(=O)c1ccccc1-c1nc(-c2ccc(Br)cc2)no1. The van der Waals surface area contributed by atoms with E-state index in [4.69, 9.17) is 9.26 Å². The van der Waals surface area contributed by atoms with Crippen LogP contribution in [0.5, 0.6) is 0 Å². The third-order valence-electron chi connectivity index (χ3n) is 3.09. The van der Waals surface area contributed by atoms with E-state index in [1.165, 1.54) is 7.11 Å². The molecule has 22 heavy (non-hydrogen) atoms. The molecule has 0 fully saturated rings. The molecule has 5 nitrogen and oxygen atoms in total. The van der Waals surface area contributed by atoms with Crippen LogP contribution < -0.4 is 0 Å². The van der Waals surface area contributed by atoms with E-state index in [2.05, 4.69) is 26.1 Å². The quantitative estimate of drug-likeness (QED) is 0.663. The standard InChI is InChI=1S/C16H11BrN2O3/c1-21-16(20)13-5-3-2-4-12(13)15-18-14(19-22-15)10-6-8-11(17)9-7-10/h2-9H,1H3. The first kappa shape index (κ1) is 14.5. The molecular formula is C16H11BrN2O3. The van der Waals surface area contributed by atoms with Crippen molar-refractivity contribution in [3.63, 3.8) is 0 Å². The zero-order valence-corrected chi connectivity index (χ0v) is 13.2. The molecule has 2 aromatic carbocycles. The number of hydrogen-bond donors (Lipinski definition) is 0. The molecule has 0 unspecified atom stereocenters. The molecule has 0 aliphatic rings. The summed E-state index contributed by atoms with van der Waals surface area (Å²) in [5.74, 6) is 0.292. The molecule has 1 aromatic heterocycles. The van der Waals surface area contributed by atoms with Crippen molar-refractivity contribution >= 4 is 21.9 Å². The Balaban J connectivity index is 2.01. The molecule has 0 aliphatic heterocycles. The van der Waals surface area contributed by atoms with Gasteiger partial charge in [0.2, 0.25) is 5.82 Å². The Morgan fingerprint density at radius 1 is 1.14 bits per heavy atom. The summed E-state index contributed by atoms with van der Waals surface area (Å²) >= 11 is 3.38. The molecule has 0 radical (unpaired) electrons. The second kappa shape index (κ2) is 6.11. The lowest BCUT2D eigenvalue weighted by Crippen LogP contribution is -2.03. The third kappa shape index (κ3) is 2.78. The second-order valence-electron chi connectivity index (χ2n) is 4.47. The molecule has 0 aliphatic carbocycles. The highest BCUT2D eigenvalue weighted by molar-refractivity contribution is 9.10. The van der Waals surface area contributed by atoms with Gasteiger partial charge in [0.15, 0.2) is 0 Å². The lowest BCUT2D eigenvalue weighted by atomic mass is 10.1. The first-order valence-corrected chi connectivity index (χ1v) is 7.25. The Kier molecular flexibility index (Phi) is 4.02. The molecule has 0 N–H and O–H groups in total. The number of benzene rings is 2. The van der Waals surface area contributed by atoms with Crippen LogP contribution in [0.3, 0.4) is 0 Å². The van der Waals surface area contributed by atoms with Crippen molar-refractivity contribution < 1.29 is 14.1 Å². The van der Waals surface area contributed by atoms with Gasteiger partial charge < -0.3 is 9.26 Å². The van der Waals surface area contributed by atoms with Gasteiger partial charge >= 0.3 is 5.97 Å². The Morgan fingerprint density at radius 2 is 1.86 bits per heavy atom. The van der Waals surface area contributed by atoms with E-state index in [0.717, 1.165) is 10.0 Å². The van der Waals surface area contributed by atoms with Gasteiger partial charge in [-0.25, -0.2) is 4.79 Å². The molecule has 110 valence electrons. The minimum Gasteiger partial charge on any atom is -0.465 e. The number of carbonyl (C=O) groups excluding carboxylic acids is 1. The van der Waals surface area contributed by atoms with Crippen LogP contribution >= 0.6 is 15.9 Å². The number of rotatable bonds is 3. The van der Waals surface area contributed by atoms with E-state index in [0.29, 0.717) is 17.0 Å². The van der Waals surface area contributed by atoms with Crippen LogP contribution in [0, 0.1) is 0 Å². The minimum absolute atomic E-state index is 0.277. The minimum atomic E-state index is -0.445. The first-order valence-electron chi connectivity index (χ1n) is 6.46. The van der Waals surface area contributed by atoms with E-state index in [9.17, 15) is 4.79 Å². The maximum Gasteiger partial charge on any atom is 0.338 e. The van der Waals surface area contributed by atoms with Gasteiger partial charge in [0, 0.05) is 10.0 Å². The van der Waals surface area contributed by atoms with Gasteiger partial charge in [-0.15, -0.1) is 0 Å². The Labute approximate surface area is 135 Å². The van der Waals surface area contributed by atoms with Gasteiger partial charge in [-0.1, -0.05) is 33.2 Å². The maximum atomic E-state index is 11.8. The van der Waals surface area contributed by atoms with Crippen molar-refractivity contribution in [1.29, 1.82) is 0 Å². The fraction of sp³-hybridized carbons (Fsp3) is 0.0625. The number of carbonyl (C=O) groups is 1. The smallest absolute Gasteiger partial charge is 0.338 e. The fourth-order valence-corrected chi connectivity index (χ4v) is 2.27. The molecule has 0 saturated carbocycles. The summed E-state index contributed by atoms with van der Waals surface area (Å²) in [6.45, 7) is 0. The highest BCUT2D eigenvalue weighted by atomic mass is 79.9. The third-order valence-corrected chi connectivity index (χ3v) is 3.62. The molecule has 3 aromatic rings. The van der Waals surface area contributed by atoms with Crippen molar-refractivity contribution in [2.24, 2.45) is 0 Å². The molecule has 3 rings (SSSR count). The number of aromatic nitrogens is 2. The van der Waals surface area contributed by atoms with Gasteiger partial charge in [-0.3, -0.25) is 0 Å². The van der Waals surface area contributed by atoms with Gasteiger partial charge in [0.25, 0.3) is 5.89 Å². The summed E-state index contributed by atoms with van der Waals surface area (Å²) in [5.41, 5.74) is 1.76. The fourth-order valence-electron chi connectivity index (χ4n) is 2.01. The summed E-state index contributed by atoms with van der Waals surface area (Å²) in [6, 6.07) is 14.5. The van der Waals surface area contributed by atoms with Crippen molar-refractivity contribution in [3.8, 4) is 22.8 Å². The largest absolute Gasteiger partial charge is 0.465 e. The predicted octanol–water partition coefficient (Wildman–Crippen LogP) is 3.95. The van der Waals surface area contributed by atoms with Crippen LogP contribution in [-0.4, -0.2) is 23.2 Å². The summed E-state index contributed by atoms with van der Waals surface area (Å²) < 4.78 is 11.0. The van der Waals surface area contributed by atoms with E-state index < -0.39 is 5.97 Å². The molecule has 0 spiro atoms. The highest BCUT2D eigenvalue weighted by Gasteiger charge is 2.18. The average Bonchev–Trinajstić information content (AvgIpc) is 3.04. The zero-order valence-electron chi connectivity index (χ0n) is 11.6. The molecule has 0 amide bonds. The topological polar surface area (TPSA) is 65.2 Å². The van der Waals surface area contributed by atoms with Crippen molar-refractivity contribution in [2.75, 3.05) is 7.11 Å². The normalized spacial score (nSPS) is 10.5. The predicted molar refractivity (Wildman–Crippen MR) is 84.2 cm³/mol. The van der Waals surface area contributed by atoms with E-state index >= 15 is 0 Å². The summed E-state index contributed by atoms with van der Waals surface area (Å²) in [6.07, 6.45) is 0. The zero-order chi connectivity index (χ0) is 15.5. The number of hydrogen-bond acceptors (Lipinski definition) is 5. The van der Waals surface area contributed by atoms with Gasteiger partial charge in [-0.05, 0) is 36.4 Å². The maximum absolute atomic E-state index is 11.8. The molecule has 6 heteroatoms. The lowest BCUT2D eigenvalue weighted by Gasteiger charge is -2.02. The van der Waals surface area contributed by atoms with Gasteiger partial charge in [0.1, 0.15) is 0 Å². The second-order valence-corrected chi connectivity index (χ2v) is 5.38. The van der Waals surface area contributed by atoms with E-state index in [-0.39, 0.29) is 5.89 Å². The summed E-state index contributed by atoms with van der Waals surface area (Å²) in [4.78, 5) is 16.2. The van der Waals surface area contributed by atoms with Crippen molar-refractivity contribution in [2.45, 2.75) is 0 Å².